The molecular formula is C24H32ClN3O5. The van der Waals surface area contributed by atoms with Crippen LogP contribution in [0.15, 0.2) is 24.3 Å². The van der Waals surface area contributed by atoms with Gasteiger partial charge in [0, 0.05) is 5.02 Å². The predicted octanol–water partition coefficient (Wildman–Crippen LogP) is 3.59. The quantitative estimate of drug-likeness (QED) is 0.481. The Balaban J connectivity index is 1.69. The molecule has 4 amide bonds. The summed E-state index contributed by atoms with van der Waals surface area (Å²) in [4.78, 5) is 51.5. The van der Waals surface area contributed by atoms with Crippen molar-refractivity contribution >= 4 is 35.4 Å². The number of ether oxygens (including phenoxy) is 1. The first-order chi connectivity index (χ1) is 15.5. The highest BCUT2D eigenvalue weighted by Gasteiger charge is 2.53. The van der Waals surface area contributed by atoms with E-state index < -0.39 is 36.0 Å². The molecule has 180 valence electrons. The number of urea groups is 1. The summed E-state index contributed by atoms with van der Waals surface area (Å²) >= 11 is 6.25. The van der Waals surface area contributed by atoms with Crippen LogP contribution in [0.1, 0.15) is 64.5 Å². The Kier molecular flexibility index (Phi) is 7.36. The number of nitrogens with one attached hydrogen (secondary N) is 2. The normalized spacial score (nSPS) is 23.9. The molecule has 1 aliphatic heterocycles. The second-order valence-electron chi connectivity index (χ2n) is 9.97. The number of imide groups is 1. The molecule has 2 fully saturated rings. The summed E-state index contributed by atoms with van der Waals surface area (Å²) in [5.41, 5.74) is -0.250. The molecule has 2 aliphatic rings. The summed E-state index contributed by atoms with van der Waals surface area (Å²) in [5.74, 6) is -0.977. The van der Waals surface area contributed by atoms with Gasteiger partial charge >= 0.3 is 12.0 Å². The average molecular weight is 478 g/mol. The molecule has 1 aliphatic carbocycles. The maximum absolute atomic E-state index is 13.2. The molecule has 3 rings (SSSR count). The van der Waals surface area contributed by atoms with Gasteiger partial charge in [0.25, 0.3) is 5.91 Å². The largest absolute Gasteiger partial charge is 0.469 e. The van der Waals surface area contributed by atoms with E-state index in [0.717, 1.165) is 17.7 Å². The lowest BCUT2D eigenvalue weighted by Gasteiger charge is -2.40. The van der Waals surface area contributed by atoms with E-state index in [0.29, 0.717) is 29.3 Å². The van der Waals surface area contributed by atoms with Crippen molar-refractivity contribution in [1.29, 1.82) is 0 Å². The van der Waals surface area contributed by atoms with Crippen LogP contribution in [0.2, 0.25) is 5.02 Å². The van der Waals surface area contributed by atoms with E-state index in [2.05, 4.69) is 31.4 Å². The Labute approximate surface area is 199 Å². The van der Waals surface area contributed by atoms with Crippen LogP contribution >= 0.6 is 11.6 Å². The van der Waals surface area contributed by atoms with Crippen LogP contribution in [0, 0.1) is 11.3 Å². The van der Waals surface area contributed by atoms with E-state index in [1.807, 2.05) is 0 Å². The highest BCUT2D eigenvalue weighted by atomic mass is 35.5. The molecule has 1 aromatic carbocycles. The number of amides is 4. The number of hydrogen-bond acceptors (Lipinski definition) is 5. The Morgan fingerprint density at radius 3 is 2.45 bits per heavy atom. The van der Waals surface area contributed by atoms with Gasteiger partial charge < -0.3 is 15.4 Å². The number of carbonyl (C=O) groups is 4. The van der Waals surface area contributed by atoms with E-state index in [-0.39, 0.29) is 17.7 Å². The van der Waals surface area contributed by atoms with Gasteiger partial charge in [-0.25, -0.2) is 4.79 Å². The average Bonchev–Trinajstić information content (AvgIpc) is 2.97. The van der Waals surface area contributed by atoms with Crippen molar-refractivity contribution in [2.45, 2.75) is 64.5 Å². The van der Waals surface area contributed by atoms with Gasteiger partial charge in [0.15, 0.2) is 0 Å². The molecule has 1 aromatic rings. The number of esters is 1. The van der Waals surface area contributed by atoms with Crippen molar-refractivity contribution in [2.75, 3.05) is 13.7 Å². The fourth-order valence-electron chi connectivity index (χ4n) is 4.77. The van der Waals surface area contributed by atoms with Gasteiger partial charge in [0.05, 0.1) is 19.6 Å². The van der Waals surface area contributed by atoms with Crippen LogP contribution in [0.3, 0.4) is 0 Å². The topological polar surface area (TPSA) is 105 Å². The third-order valence-electron chi connectivity index (χ3n) is 6.83. The smallest absolute Gasteiger partial charge is 0.325 e. The SMILES string of the molecule is COC(=O)CC(NC(=O)CN1C(=O)NC2(CCC(C(C)(C)C)CC2)C1=O)c1ccccc1Cl. The molecular weight excluding hydrogens is 446 g/mol. The summed E-state index contributed by atoms with van der Waals surface area (Å²) in [5, 5.41) is 5.96. The number of rotatable bonds is 6. The van der Waals surface area contributed by atoms with E-state index in [9.17, 15) is 19.2 Å². The summed E-state index contributed by atoms with van der Waals surface area (Å²) < 4.78 is 4.74. The first-order valence-electron chi connectivity index (χ1n) is 11.2. The molecule has 33 heavy (non-hydrogen) atoms. The fraction of sp³-hybridized carbons (Fsp3) is 0.583. The highest BCUT2D eigenvalue weighted by Crippen LogP contribution is 2.43. The molecule has 1 saturated carbocycles. The molecule has 0 aromatic heterocycles. The lowest BCUT2D eigenvalue weighted by molar-refractivity contribution is -0.141. The van der Waals surface area contributed by atoms with Crippen LogP contribution < -0.4 is 10.6 Å². The zero-order chi connectivity index (χ0) is 24.4. The van der Waals surface area contributed by atoms with Gasteiger partial charge in [0.2, 0.25) is 5.91 Å². The van der Waals surface area contributed by atoms with Gasteiger partial charge in [-0.1, -0.05) is 50.6 Å². The number of halogens is 1. The molecule has 8 nitrogen and oxygen atoms in total. The molecule has 1 unspecified atom stereocenters. The summed E-state index contributed by atoms with van der Waals surface area (Å²) in [6.45, 7) is 6.12. The van der Waals surface area contributed by atoms with E-state index in [1.165, 1.54) is 7.11 Å². The zero-order valence-electron chi connectivity index (χ0n) is 19.6. The molecule has 2 N–H and O–H groups in total. The second kappa shape index (κ2) is 9.71. The summed E-state index contributed by atoms with van der Waals surface area (Å²) in [7, 11) is 1.26. The van der Waals surface area contributed by atoms with Crippen molar-refractivity contribution in [3.63, 3.8) is 0 Å². The van der Waals surface area contributed by atoms with Crippen LogP contribution in [0.4, 0.5) is 4.79 Å². The summed E-state index contributed by atoms with van der Waals surface area (Å²) in [6, 6.07) is 5.52. The van der Waals surface area contributed by atoms with Gasteiger partial charge in [-0.15, -0.1) is 0 Å². The van der Waals surface area contributed by atoms with Gasteiger partial charge in [0.1, 0.15) is 12.1 Å². The second-order valence-corrected chi connectivity index (χ2v) is 10.4. The monoisotopic (exact) mass is 477 g/mol. The minimum Gasteiger partial charge on any atom is -0.469 e. The highest BCUT2D eigenvalue weighted by molar-refractivity contribution is 6.31. The molecule has 1 atom stereocenters. The fourth-order valence-corrected chi connectivity index (χ4v) is 5.03. The molecule has 9 heteroatoms. The molecule has 1 spiro atoms. The Morgan fingerprint density at radius 2 is 1.88 bits per heavy atom. The van der Waals surface area contributed by atoms with E-state index >= 15 is 0 Å². The maximum Gasteiger partial charge on any atom is 0.325 e. The maximum atomic E-state index is 13.2. The number of methoxy groups -OCH3 is 1. The minimum atomic E-state index is -0.937. The number of nitrogens with zero attached hydrogens (tertiary/aromatic N) is 1. The first-order valence-corrected chi connectivity index (χ1v) is 11.6. The van der Waals surface area contributed by atoms with Crippen LogP contribution in [-0.2, 0) is 19.1 Å². The van der Waals surface area contributed by atoms with Crippen molar-refractivity contribution in [3.05, 3.63) is 34.9 Å². The molecule has 1 heterocycles. The van der Waals surface area contributed by atoms with Gasteiger partial charge in [-0.3, -0.25) is 19.3 Å². The van der Waals surface area contributed by atoms with Crippen LogP contribution in [-0.4, -0.2) is 47.9 Å². The van der Waals surface area contributed by atoms with E-state index in [1.54, 1.807) is 24.3 Å². The van der Waals surface area contributed by atoms with Crippen molar-refractivity contribution in [1.82, 2.24) is 15.5 Å². The van der Waals surface area contributed by atoms with Crippen molar-refractivity contribution in [3.8, 4) is 0 Å². The van der Waals surface area contributed by atoms with Gasteiger partial charge in [-0.05, 0) is 48.6 Å². The zero-order valence-corrected chi connectivity index (χ0v) is 20.3. The predicted molar refractivity (Wildman–Crippen MR) is 123 cm³/mol. The summed E-state index contributed by atoms with van der Waals surface area (Å²) in [6.07, 6.45) is 2.65. The number of carbonyl (C=O) groups excluding carboxylic acids is 4. The standard InChI is InChI=1S/C24H32ClN3O5/c1-23(2,3)15-9-11-24(12-10-15)21(31)28(22(32)27-24)14-19(29)26-18(13-20(30)33-4)16-7-5-6-8-17(16)25/h5-8,15,18H,9-14H2,1-4H3,(H,26,29)(H,27,32). The Morgan fingerprint density at radius 1 is 1.24 bits per heavy atom. The first kappa shape index (κ1) is 25.0. The lowest BCUT2D eigenvalue weighted by Crippen LogP contribution is -2.51. The van der Waals surface area contributed by atoms with Gasteiger partial charge in [-0.2, -0.15) is 0 Å². The van der Waals surface area contributed by atoms with Crippen molar-refractivity contribution in [2.24, 2.45) is 11.3 Å². The third kappa shape index (κ3) is 5.49. The molecule has 1 saturated heterocycles. The molecule has 0 radical (unpaired) electrons. The minimum absolute atomic E-state index is 0.135. The van der Waals surface area contributed by atoms with Crippen LogP contribution in [0.5, 0.6) is 0 Å². The van der Waals surface area contributed by atoms with Crippen molar-refractivity contribution < 1.29 is 23.9 Å². The molecule has 0 bridgehead atoms. The lowest BCUT2D eigenvalue weighted by atomic mass is 9.67. The Hall–Kier alpha value is -2.61. The van der Waals surface area contributed by atoms with Crippen LogP contribution in [0.25, 0.3) is 0 Å². The third-order valence-corrected chi connectivity index (χ3v) is 7.17. The Bertz CT molecular complexity index is 934. The number of benzene rings is 1. The van der Waals surface area contributed by atoms with E-state index in [4.69, 9.17) is 16.3 Å². The number of hydrogen-bond donors (Lipinski definition) is 2.